The number of esters is 1. The van der Waals surface area contributed by atoms with Crippen LogP contribution in [0, 0.1) is 0 Å². The van der Waals surface area contributed by atoms with Crippen LogP contribution in [-0.2, 0) is 17.7 Å². The molecular formula is C22H18N2O3. The molecule has 5 nitrogen and oxygen atoms in total. The highest BCUT2D eigenvalue weighted by atomic mass is 16.5. The molecule has 2 heterocycles. The van der Waals surface area contributed by atoms with Gasteiger partial charge >= 0.3 is 5.97 Å². The van der Waals surface area contributed by atoms with E-state index >= 15 is 0 Å². The van der Waals surface area contributed by atoms with Crippen molar-refractivity contribution in [2.45, 2.75) is 19.1 Å². The standard InChI is InChI=1S/C22H18N2O3/c25-21(24-14-15-5-4-10-23-13-15)17-8-9-19-18(11-17)12-20(27-22(19)26)16-6-2-1-3-7-16/h1-11,13,20H,12,14H2,(H,24,25)/t20-/m0/s1. The third kappa shape index (κ3) is 3.72. The van der Waals surface area contributed by atoms with E-state index in [-0.39, 0.29) is 18.0 Å². The van der Waals surface area contributed by atoms with Gasteiger partial charge in [-0.25, -0.2) is 4.79 Å². The zero-order valence-corrected chi connectivity index (χ0v) is 14.6. The molecule has 0 bridgehead atoms. The molecule has 1 amide bonds. The number of cyclic esters (lactones) is 1. The molecule has 1 aromatic heterocycles. The van der Waals surface area contributed by atoms with Crippen LogP contribution in [0.2, 0.25) is 0 Å². The fourth-order valence-electron chi connectivity index (χ4n) is 3.18. The molecule has 0 saturated heterocycles. The predicted molar refractivity (Wildman–Crippen MR) is 100 cm³/mol. The number of nitrogens with zero attached hydrogens (tertiary/aromatic N) is 1. The van der Waals surface area contributed by atoms with Gasteiger partial charge in [0.15, 0.2) is 0 Å². The second kappa shape index (κ2) is 7.41. The van der Waals surface area contributed by atoms with E-state index in [9.17, 15) is 9.59 Å². The van der Waals surface area contributed by atoms with Crippen molar-refractivity contribution >= 4 is 11.9 Å². The molecule has 1 aliphatic rings. The second-order valence-corrected chi connectivity index (χ2v) is 6.42. The van der Waals surface area contributed by atoms with Gasteiger partial charge in [0.25, 0.3) is 5.91 Å². The Morgan fingerprint density at radius 3 is 2.74 bits per heavy atom. The van der Waals surface area contributed by atoms with Crippen molar-refractivity contribution in [3.63, 3.8) is 0 Å². The number of carbonyl (C=O) groups excluding carboxylic acids is 2. The van der Waals surface area contributed by atoms with Crippen molar-refractivity contribution in [3.05, 3.63) is 101 Å². The van der Waals surface area contributed by atoms with Crippen molar-refractivity contribution < 1.29 is 14.3 Å². The van der Waals surface area contributed by atoms with Gasteiger partial charge in [0.2, 0.25) is 0 Å². The summed E-state index contributed by atoms with van der Waals surface area (Å²) in [7, 11) is 0. The van der Waals surface area contributed by atoms with Crippen molar-refractivity contribution in [1.29, 1.82) is 0 Å². The van der Waals surface area contributed by atoms with Gasteiger partial charge in [0, 0.05) is 30.9 Å². The van der Waals surface area contributed by atoms with Gasteiger partial charge < -0.3 is 10.1 Å². The Hall–Kier alpha value is -3.47. The highest BCUT2D eigenvalue weighted by molar-refractivity contribution is 5.97. The Labute approximate surface area is 157 Å². The summed E-state index contributed by atoms with van der Waals surface area (Å²) in [6.45, 7) is 0.401. The first-order valence-electron chi connectivity index (χ1n) is 8.76. The van der Waals surface area contributed by atoms with E-state index in [1.165, 1.54) is 0 Å². The van der Waals surface area contributed by atoms with E-state index in [4.69, 9.17) is 4.74 Å². The van der Waals surface area contributed by atoms with Crippen LogP contribution in [0.15, 0.2) is 73.1 Å². The summed E-state index contributed by atoms with van der Waals surface area (Å²) in [4.78, 5) is 28.9. The highest BCUT2D eigenvalue weighted by Crippen LogP contribution is 2.31. The van der Waals surface area contributed by atoms with Gasteiger partial charge in [0.05, 0.1) is 5.56 Å². The molecule has 0 radical (unpaired) electrons. The number of hydrogen-bond donors (Lipinski definition) is 1. The van der Waals surface area contributed by atoms with Crippen molar-refractivity contribution in [1.82, 2.24) is 10.3 Å². The number of rotatable bonds is 4. The summed E-state index contributed by atoms with van der Waals surface area (Å²) in [5.41, 5.74) is 3.75. The number of carbonyl (C=O) groups is 2. The number of ether oxygens (including phenoxy) is 1. The summed E-state index contributed by atoms with van der Waals surface area (Å²) >= 11 is 0. The van der Waals surface area contributed by atoms with Crippen molar-refractivity contribution in [2.24, 2.45) is 0 Å². The summed E-state index contributed by atoms with van der Waals surface area (Å²) in [5, 5.41) is 2.88. The minimum absolute atomic E-state index is 0.183. The van der Waals surface area contributed by atoms with Crippen molar-refractivity contribution in [2.75, 3.05) is 0 Å². The summed E-state index contributed by atoms with van der Waals surface area (Å²) < 4.78 is 5.56. The van der Waals surface area contributed by atoms with Crippen LogP contribution in [-0.4, -0.2) is 16.9 Å². The number of aromatic nitrogens is 1. The van der Waals surface area contributed by atoms with Gasteiger partial charge in [0.1, 0.15) is 6.10 Å². The Morgan fingerprint density at radius 1 is 1.11 bits per heavy atom. The van der Waals surface area contributed by atoms with E-state index in [0.29, 0.717) is 24.1 Å². The number of fused-ring (bicyclic) bond motifs is 1. The third-order valence-corrected chi connectivity index (χ3v) is 4.59. The Morgan fingerprint density at radius 2 is 1.96 bits per heavy atom. The quantitative estimate of drug-likeness (QED) is 0.725. The molecule has 0 spiro atoms. The van der Waals surface area contributed by atoms with Gasteiger partial charge in [-0.05, 0) is 41.0 Å². The van der Waals surface area contributed by atoms with Gasteiger partial charge in [-0.15, -0.1) is 0 Å². The normalized spacial score (nSPS) is 15.6. The van der Waals surface area contributed by atoms with E-state index in [1.54, 1.807) is 30.6 Å². The molecule has 0 aliphatic carbocycles. The Balaban J connectivity index is 1.52. The highest BCUT2D eigenvalue weighted by Gasteiger charge is 2.28. The van der Waals surface area contributed by atoms with Crippen LogP contribution in [0.4, 0.5) is 0 Å². The molecule has 1 aliphatic heterocycles. The average molecular weight is 358 g/mol. The molecule has 0 unspecified atom stereocenters. The number of amides is 1. The van der Waals surface area contributed by atoms with Gasteiger partial charge in [-0.1, -0.05) is 36.4 Å². The molecule has 2 aromatic carbocycles. The second-order valence-electron chi connectivity index (χ2n) is 6.42. The lowest BCUT2D eigenvalue weighted by Gasteiger charge is -2.25. The van der Waals surface area contributed by atoms with Crippen LogP contribution < -0.4 is 5.32 Å². The van der Waals surface area contributed by atoms with Gasteiger partial charge in [-0.2, -0.15) is 0 Å². The Bertz CT molecular complexity index is 971. The van der Waals surface area contributed by atoms with Crippen LogP contribution >= 0.6 is 0 Å². The number of hydrogen-bond acceptors (Lipinski definition) is 4. The van der Waals surface area contributed by atoms with E-state index in [1.807, 2.05) is 42.5 Å². The number of pyridine rings is 1. The van der Waals surface area contributed by atoms with Crippen LogP contribution in [0.3, 0.4) is 0 Å². The van der Waals surface area contributed by atoms with Crippen LogP contribution in [0.5, 0.6) is 0 Å². The van der Waals surface area contributed by atoms with Crippen LogP contribution in [0.1, 0.15) is 43.5 Å². The third-order valence-electron chi connectivity index (χ3n) is 4.59. The lowest BCUT2D eigenvalue weighted by atomic mass is 9.93. The minimum Gasteiger partial charge on any atom is -0.454 e. The first kappa shape index (κ1) is 17.0. The molecule has 4 rings (SSSR count). The zero-order chi connectivity index (χ0) is 18.6. The molecule has 1 atom stereocenters. The monoisotopic (exact) mass is 358 g/mol. The molecule has 0 fully saturated rings. The summed E-state index contributed by atoms with van der Waals surface area (Å²) in [6, 6.07) is 18.5. The summed E-state index contributed by atoms with van der Waals surface area (Å²) in [6.07, 6.45) is 3.62. The maximum atomic E-state index is 12.5. The molecule has 1 N–H and O–H groups in total. The molecule has 0 saturated carbocycles. The van der Waals surface area contributed by atoms with Gasteiger partial charge in [-0.3, -0.25) is 9.78 Å². The molecule has 27 heavy (non-hydrogen) atoms. The predicted octanol–water partition coefficient (Wildman–Crippen LogP) is 3.47. The topological polar surface area (TPSA) is 68.3 Å². The lowest BCUT2D eigenvalue weighted by molar-refractivity contribution is 0.0252. The van der Waals surface area contributed by atoms with Crippen molar-refractivity contribution in [3.8, 4) is 0 Å². The number of benzene rings is 2. The maximum Gasteiger partial charge on any atom is 0.339 e. The van der Waals surface area contributed by atoms with E-state index in [2.05, 4.69) is 10.3 Å². The average Bonchev–Trinajstić information content (AvgIpc) is 2.73. The zero-order valence-electron chi connectivity index (χ0n) is 14.6. The molecular weight excluding hydrogens is 340 g/mol. The maximum absolute atomic E-state index is 12.5. The minimum atomic E-state index is -0.354. The fraction of sp³-hybridized carbons (Fsp3) is 0.136. The van der Waals surface area contributed by atoms with E-state index < -0.39 is 0 Å². The number of nitrogens with one attached hydrogen (secondary N) is 1. The first-order chi connectivity index (χ1) is 13.2. The molecule has 3 aromatic rings. The summed E-state index contributed by atoms with van der Waals surface area (Å²) in [5.74, 6) is -0.538. The lowest BCUT2D eigenvalue weighted by Crippen LogP contribution is -2.25. The Kier molecular flexibility index (Phi) is 4.66. The first-order valence-corrected chi connectivity index (χ1v) is 8.76. The smallest absolute Gasteiger partial charge is 0.339 e. The molecule has 5 heteroatoms. The van der Waals surface area contributed by atoms with E-state index in [0.717, 1.165) is 16.7 Å². The molecule has 134 valence electrons. The largest absolute Gasteiger partial charge is 0.454 e. The fourth-order valence-corrected chi connectivity index (χ4v) is 3.18. The SMILES string of the molecule is O=C(NCc1cccnc1)c1ccc2c(c1)C[C@@H](c1ccccc1)OC2=O. The van der Waals surface area contributed by atoms with Crippen LogP contribution in [0.25, 0.3) is 0 Å².